The molecule has 3 rings (SSSR count). The van der Waals surface area contributed by atoms with Crippen LogP contribution in [-0.2, 0) is 6.61 Å². The maximum atomic E-state index is 11.1. The topological polar surface area (TPSA) is 85.4 Å². The number of aromatic carboxylic acids is 1. The average molecular weight is 300 g/mol. The van der Waals surface area contributed by atoms with E-state index in [1.807, 2.05) is 30.3 Å². The van der Waals surface area contributed by atoms with Crippen LogP contribution in [0.25, 0.3) is 10.2 Å². The fourth-order valence-corrected chi connectivity index (χ4v) is 2.95. The molecule has 2 heterocycles. The minimum atomic E-state index is -1.05. The number of hydrogen-bond acceptors (Lipinski definition) is 5. The fraction of sp³-hybridized carbons (Fsp3) is 0.0667. The maximum absolute atomic E-state index is 11.1. The monoisotopic (exact) mass is 300 g/mol. The van der Waals surface area contributed by atoms with Crippen LogP contribution in [0, 0.1) is 0 Å². The number of nitrogens with two attached hydrogens (primary N) is 1. The van der Waals surface area contributed by atoms with Gasteiger partial charge in [0.25, 0.3) is 0 Å². The molecule has 0 aliphatic rings. The number of nitrogen functional groups attached to an aromatic ring is 1. The number of carboxylic acid groups (broad SMARTS) is 1. The van der Waals surface area contributed by atoms with Crippen LogP contribution in [0.1, 0.15) is 15.2 Å². The Hall–Kier alpha value is -2.60. The largest absolute Gasteiger partial charge is 0.488 e. The third-order valence-electron chi connectivity index (χ3n) is 3.02. The second-order valence-electron chi connectivity index (χ2n) is 4.41. The van der Waals surface area contributed by atoms with Crippen LogP contribution in [0.15, 0.2) is 42.6 Å². The molecule has 0 aliphatic carbocycles. The number of nitrogens with zero attached hydrogens (tertiary/aromatic N) is 1. The van der Waals surface area contributed by atoms with E-state index >= 15 is 0 Å². The summed E-state index contributed by atoms with van der Waals surface area (Å²) in [6.45, 7) is 0.387. The fourth-order valence-electron chi connectivity index (χ4n) is 2.03. The summed E-state index contributed by atoms with van der Waals surface area (Å²) in [5, 5.41) is 9.69. The molecule has 106 valence electrons. The number of ether oxygens (including phenoxy) is 1. The second kappa shape index (κ2) is 5.41. The first-order valence-electron chi connectivity index (χ1n) is 6.24. The third-order valence-corrected chi connectivity index (χ3v) is 4.12. The Balaban J connectivity index is 1.97. The first-order valence-corrected chi connectivity index (χ1v) is 7.05. The summed E-state index contributed by atoms with van der Waals surface area (Å²) in [7, 11) is 0. The van der Waals surface area contributed by atoms with Gasteiger partial charge in [0.2, 0.25) is 0 Å². The molecule has 0 radical (unpaired) electrons. The second-order valence-corrected chi connectivity index (χ2v) is 5.41. The molecule has 0 bridgehead atoms. The molecule has 0 saturated carbocycles. The van der Waals surface area contributed by atoms with Crippen molar-refractivity contribution in [1.29, 1.82) is 0 Å². The van der Waals surface area contributed by atoms with Crippen molar-refractivity contribution in [3.05, 3.63) is 53.0 Å². The first-order chi connectivity index (χ1) is 10.2. The van der Waals surface area contributed by atoms with Crippen LogP contribution in [0.2, 0.25) is 0 Å². The van der Waals surface area contributed by atoms with E-state index in [0.29, 0.717) is 22.6 Å². The number of carboxylic acids is 1. The zero-order valence-electron chi connectivity index (χ0n) is 10.9. The smallest absolute Gasteiger partial charge is 0.348 e. The molecule has 21 heavy (non-hydrogen) atoms. The van der Waals surface area contributed by atoms with Gasteiger partial charge in [-0.15, -0.1) is 11.3 Å². The van der Waals surface area contributed by atoms with Crippen molar-refractivity contribution >= 4 is 33.2 Å². The summed E-state index contributed by atoms with van der Waals surface area (Å²) in [6.07, 6.45) is 1.59. The Bertz CT molecular complexity index is 799. The van der Waals surface area contributed by atoms with Crippen molar-refractivity contribution in [3.63, 3.8) is 0 Å². The standard InChI is InChI=1S/C15H12N2O3S/c16-12-11-10(20-8-9-4-2-1-3-5-9)6-7-17-14(11)21-13(12)15(18)19/h1-7H,8,16H2,(H,18,19). The van der Waals surface area contributed by atoms with Crippen molar-refractivity contribution in [1.82, 2.24) is 4.98 Å². The summed E-state index contributed by atoms with van der Waals surface area (Å²) in [4.78, 5) is 16.0. The van der Waals surface area contributed by atoms with Crippen molar-refractivity contribution < 1.29 is 14.6 Å². The predicted molar refractivity (Wildman–Crippen MR) is 81.8 cm³/mol. The van der Waals surface area contributed by atoms with Crippen LogP contribution in [0.5, 0.6) is 5.75 Å². The molecule has 3 aromatic rings. The molecule has 0 saturated heterocycles. The Kier molecular flexibility index (Phi) is 3.45. The van der Waals surface area contributed by atoms with Crippen LogP contribution in [0.4, 0.5) is 5.69 Å². The molecule has 2 aromatic heterocycles. The van der Waals surface area contributed by atoms with E-state index in [-0.39, 0.29) is 10.6 Å². The minimum Gasteiger partial charge on any atom is -0.488 e. The highest BCUT2D eigenvalue weighted by Crippen LogP contribution is 2.38. The van der Waals surface area contributed by atoms with Crippen LogP contribution >= 0.6 is 11.3 Å². The van der Waals surface area contributed by atoms with Crippen LogP contribution in [-0.4, -0.2) is 16.1 Å². The van der Waals surface area contributed by atoms with Gasteiger partial charge in [0.1, 0.15) is 22.1 Å². The summed E-state index contributed by atoms with van der Waals surface area (Å²) in [5.74, 6) is -0.505. The Morgan fingerprint density at radius 2 is 2.05 bits per heavy atom. The van der Waals surface area contributed by atoms with Crippen molar-refractivity contribution in [3.8, 4) is 5.75 Å². The Morgan fingerprint density at radius 1 is 1.29 bits per heavy atom. The van der Waals surface area contributed by atoms with E-state index in [1.165, 1.54) is 0 Å². The molecule has 0 aliphatic heterocycles. The molecule has 1 aromatic carbocycles. The van der Waals surface area contributed by atoms with Gasteiger partial charge in [0, 0.05) is 6.20 Å². The van der Waals surface area contributed by atoms with Gasteiger partial charge < -0.3 is 15.6 Å². The lowest BCUT2D eigenvalue weighted by Crippen LogP contribution is -1.99. The molecule has 5 nitrogen and oxygen atoms in total. The molecule has 6 heteroatoms. The lowest BCUT2D eigenvalue weighted by atomic mass is 10.2. The number of aromatic nitrogens is 1. The highest BCUT2D eigenvalue weighted by molar-refractivity contribution is 7.21. The number of benzene rings is 1. The molecule has 3 N–H and O–H groups in total. The highest BCUT2D eigenvalue weighted by Gasteiger charge is 2.19. The molecule has 0 atom stereocenters. The van der Waals surface area contributed by atoms with Gasteiger partial charge in [-0.05, 0) is 11.6 Å². The number of fused-ring (bicyclic) bond motifs is 1. The van der Waals surface area contributed by atoms with E-state index < -0.39 is 5.97 Å². The molecule has 0 fully saturated rings. The number of thiophene rings is 1. The third kappa shape index (κ3) is 2.53. The Labute approximate surface area is 124 Å². The molecule has 0 unspecified atom stereocenters. The van der Waals surface area contributed by atoms with Gasteiger partial charge in [-0.25, -0.2) is 9.78 Å². The van der Waals surface area contributed by atoms with Gasteiger partial charge in [-0.3, -0.25) is 0 Å². The van der Waals surface area contributed by atoms with Crippen molar-refractivity contribution in [2.24, 2.45) is 0 Å². The predicted octanol–water partition coefficient (Wildman–Crippen LogP) is 3.16. The van der Waals surface area contributed by atoms with E-state index in [1.54, 1.807) is 12.3 Å². The van der Waals surface area contributed by atoms with E-state index in [2.05, 4.69) is 4.98 Å². The zero-order chi connectivity index (χ0) is 14.8. The zero-order valence-corrected chi connectivity index (χ0v) is 11.8. The number of anilines is 1. The van der Waals surface area contributed by atoms with Crippen LogP contribution < -0.4 is 10.5 Å². The van der Waals surface area contributed by atoms with Gasteiger partial charge in [0.05, 0.1) is 11.1 Å². The van der Waals surface area contributed by atoms with Gasteiger partial charge in [-0.2, -0.15) is 0 Å². The lowest BCUT2D eigenvalue weighted by molar-refractivity contribution is 0.0703. The SMILES string of the molecule is Nc1c(C(=O)O)sc2nccc(OCc3ccccc3)c12. The van der Waals surface area contributed by atoms with Gasteiger partial charge in [-0.1, -0.05) is 30.3 Å². The maximum Gasteiger partial charge on any atom is 0.348 e. The molecular formula is C15H12N2O3S. The van der Waals surface area contributed by atoms with Crippen LogP contribution in [0.3, 0.4) is 0 Å². The van der Waals surface area contributed by atoms with E-state index in [0.717, 1.165) is 16.9 Å². The normalized spacial score (nSPS) is 10.7. The van der Waals surface area contributed by atoms with Crippen molar-refractivity contribution in [2.45, 2.75) is 6.61 Å². The van der Waals surface area contributed by atoms with Gasteiger partial charge >= 0.3 is 5.97 Å². The Morgan fingerprint density at radius 3 is 2.76 bits per heavy atom. The summed E-state index contributed by atoms with van der Waals surface area (Å²) in [6, 6.07) is 11.4. The van der Waals surface area contributed by atoms with E-state index in [4.69, 9.17) is 15.6 Å². The minimum absolute atomic E-state index is 0.0910. The summed E-state index contributed by atoms with van der Waals surface area (Å²) >= 11 is 1.05. The molecule has 0 amide bonds. The number of pyridine rings is 1. The van der Waals surface area contributed by atoms with E-state index in [9.17, 15) is 4.79 Å². The highest BCUT2D eigenvalue weighted by atomic mass is 32.1. The summed E-state index contributed by atoms with van der Waals surface area (Å²) < 4.78 is 5.77. The number of hydrogen-bond donors (Lipinski definition) is 2. The molecular weight excluding hydrogens is 288 g/mol. The summed E-state index contributed by atoms with van der Waals surface area (Å²) in [5.41, 5.74) is 7.15. The number of carbonyl (C=O) groups is 1. The first kappa shape index (κ1) is 13.4. The lowest BCUT2D eigenvalue weighted by Gasteiger charge is -2.07. The van der Waals surface area contributed by atoms with Gasteiger partial charge in [0.15, 0.2) is 0 Å². The van der Waals surface area contributed by atoms with Crippen molar-refractivity contribution in [2.75, 3.05) is 5.73 Å². The molecule has 0 spiro atoms. The quantitative estimate of drug-likeness (QED) is 0.773. The number of rotatable bonds is 4. The average Bonchev–Trinajstić information content (AvgIpc) is 2.84.